The minimum absolute atomic E-state index is 0.311. The molecule has 1 aromatic rings. The molecule has 1 aromatic carbocycles. The van der Waals surface area contributed by atoms with Crippen molar-refractivity contribution < 1.29 is 4.74 Å². The van der Waals surface area contributed by atoms with Gasteiger partial charge in [-0.3, -0.25) is 0 Å². The minimum Gasteiger partial charge on any atom is -0.376 e. The van der Waals surface area contributed by atoms with Crippen molar-refractivity contribution in [3.63, 3.8) is 0 Å². The maximum atomic E-state index is 5.61. The topological polar surface area (TPSA) is 21.3 Å². The summed E-state index contributed by atoms with van der Waals surface area (Å²) in [4.78, 5) is 0. The summed E-state index contributed by atoms with van der Waals surface area (Å²) in [7, 11) is 1.82. The van der Waals surface area contributed by atoms with Gasteiger partial charge in [0.2, 0.25) is 0 Å². The van der Waals surface area contributed by atoms with Crippen LogP contribution in [0.3, 0.4) is 0 Å². The lowest BCUT2D eigenvalue weighted by Gasteiger charge is -2.16. The molecule has 0 bridgehead atoms. The second kappa shape index (κ2) is 3.07. The Morgan fingerprint density at radius 1 is 1.21 bits per heavy atom. The monoisotopic (exact) mass is 189 g/mol. The first-order valence-electron chi connectivity index (χ1n) is 5.24. The molecule has 74 valence electrons. The summed E-state index contributed by atoms with van der Waals surface area (Å²) in [5, 5.41) is 3.45. The fourth-order valence-corrected chi connectivity index (χ4v) is 3.00. The maximum absolute atomic E-state index is 5.61. The SMILES string of the molecule is COC1c2ccccc2C2CNCC21. The molecule has 1 fully saturated rings. The summed E-state index contributed by atoms with van der Waals surface area (Å²) in [5.74, 6) is 1.33. The zero-order valence-corrected chi connectivity index (χ0v) is 8.36. The summed E-state index contributed by atoms with van der Waals surface area (Å²) >= 11 is 0. The summed E-state index contributed by atoms with van der Waals surface area (Å²) < 4.78 is 5.61. The van der Waals surface area contributed by atoms with E-state index in [1.54, 1.807) is 0 Å². The molecule has 3 atom stereocenters. The average molecular weight is 189 g/mol. The average Bonchev–Trinajstić information content (AvgIpc) is 2.77. The van der Waals surface area contributed by atoms with E-state index in [1.165, 1.54) is 11.1 Å². The number of methoxy groups -OCH3 is 1. The predicted octanol–water partition coefficient (Wildman–Crippen LogP) is 1.69. The third-order valence-corrected chi connectivity index (χ3v) is 3.61. The Balaban J connectivity index is 2.09. The van der Waals surface area contributed by atoms with Crippen molar-refractivity contribution in [2.24, 2.45) is 5.92 Å². The third-order valence-electron chi connectivity index (χ3n) is 3.61. The second-order valence-electron chi connectivity index (χ2n) is 4.21. The van der Waals surface area contributed by atoms with Gasteiger partial charge in [-0.1, -0.05) is 24.3 Å². The molecular formula is C12H15NO. The molecule has 1 heterocycles. The van der Waals surface area contributed by atoms with E-state index in [0.717, 1.165) is 13.1 Å². The van der Waals surface area contributed by atoms with Gasteiger partial charge in [0.05, 0.1) is 6.10 Å². The molecular weight excluding hydrogens is 174 g/mol. The third kappa shape index (κ3) is 0.983. The van der Waals surface area contributed by atoms with Crippen LogP contribution in [-0.2, 0) is 4.74 Å². The van der Waals surface area contributed by atoms with Crippen LogP contribution in [0.2, 0.25) is 0 Å². The molecule has 2 aliphatic rings. The van der Waals surface area contributed by atoms with E-state index in [1.807, 2.05) is 7.11 Å². The van der Waals surface area contributed by atoms with Gasteiger partial charge in [-0.15, -0.1) is 0 Å². The van der Waals surface area contributed by atoms with E-state index >= 15 is 0 Å². The molecule has 0 spiro atoms. The van der Waals surface area contributed by atoms with Gasteiger partial charge in [0, 0.05) is 32.0 Å². The summed E-state index contributed by atoms with van der Waals surface area (Å²) in [6.45, 7) is 2.21. The highest BCUT2D eigenvalue weighted by Gasteiger charge is 2.43. The second-order valence-corrected chi connectivity index (χ2v) is 4.21. The lowest BCUT2D eigenvalue weighted by Crippen LogP contribution is -2.15. The quantitative estimate of drug-likeness (QED) is 0.726. The van der Waals surface area contributed by atoms with Crippen molar-refractivity contribution in [3.8, 4) is 0 Å². The molecule has 14 heavy (non-hydrogen) atoms. The number of rotatable bonds is 1. The minimum atomic E-state index is 0.311. The molecule has 0 amide bonds. The molecule has 1 N–H and O–H groups in total. The number of ether oxygens (including phenoxy) is 1. The normalized spacial score (nSPS) is 34.2. The van der Waals surface area contributed by atoms with Crippen molar-refractivity contribution in [3.05, 3.63) is 35.4 Å². The van der Waals surface area contributed by atoms with E-state index in [4.69, 9.17) is 4.74 Å². The van der Waals surface area contributed by atoms with Gasteiger partial charge < -0.3 is 10.1 Å². The van der Waals surface area contributed by atoms with Crippen LogP contribution in [-0.4, -0.2) is 20.2 Å². The van der Waals surface area contributed by atoms with Crippen LogP contribution in [0.25, 0.3) is 0 Å². The lowest BCUT2D eigenvalue weighted by molar-refractivity contribution is 0.0650. The Morgan fingerprint density at radius 2 is 2.00 bits per heavy atom. The van der Waals surface area contributed by atoms with Crippen molar-refractivity contribution >= 4 is 0 Å². The molecule has 1 aliphatic carbocycles. The van der Waals surface area contributed by atoms with Crippen LogP contribution < -0.4 is 5.32 Å². The summed E-state index contributed by atoms with van der Waals surface area (Å²) in [5.41, 5.74) is 2.90. The van der Waals surface area contributed by atoms with Crippen LogP contribution in [0.1, 0.15) is 23.1 Å². The first-order chi connectivity index (χ1) is 6.92. The van der Waals surface area contributed by atoms with Gasteiger partial charge in [-0.2, -0.15) is 0 Å². The van der Waals surface area contributed by atoms with Gasteiger partial charge >= 0.3 is 0 Å². The maximum Gasteiger partial charge on any atom is 0.0870 e. The fourth-order valence-electron chi connectivity index (χ4n) is 3.00. The van der Waals surface area contributed by atoms with Gasteiger partial charge in [-0.25, -0.2) is 0 Å². The van der Waals surface area contributed by atoms with E-state index in [0.29, 0.717) is 17.9 Å². The van der Waals surface area contributed by atoms with E-state index in [2.05, 4.69) is 29.6 Å². The molecule has 0 radical (unpaired) electrons. The van der Waals surface area contributed by atoms with Gasteiger partial charge in [0.15, 0.2) is 0 Å². The summed E-state index contributed by atoms with van der Waals surface area (Å²) in [6.07, 6.45) is 0.311. The van der Waals surface area contributed by atoms with Crippen molar-refractivity contribution in [2.75, 3.05) is 20.2 Å². The van der Waals surface area contributed by atoms with Crippen molar-refractivity contribution in [1.82, 2.24) is 5.32 Å². The lowest BCUT2D eigenvalue weighted by atomic mass is 9.96. The fraction of sp³-hybridized carbons (Fsp3) is 0.500. The number of hydrogen-bond acceptors (Lipinski definition) is 2. The molecule has 1 aliphatic heterocycles. The Hall–Kier alpha value is -0.860. The molecule has 1 saturated heterocycles. The van der Waals surface area contributed by atoms with Crippen molar-refractivity contribution in [1.29, 1.82) is 0 Å². The first kappa shape index (κ1) is 8.45. The van der Waals surface area contributed by atoms with Gasteiger partial charge in [-0.05, 0) is 11.1 Å². The van der Waals surface area contributed by atoms with Crippen LogP contribution in [0, 0.1) is 5.92 Å². The molecule has 0 aromatic heterocycles. The Bertz CT molecular complexity index is 335. The number of nitrogens with one attached hydrogen (secondary N) is 1. The molecule has 3 unspecified atom stereocenters. The Morgan fingerprint density at radius 3 is 2.79 bits per heavy atom. The standard InChI is InChI=1S/C12H15NO/c1-14-12-9-5-3-2-4-8(9)10-6-13-7-11(10)12/h2-5,10-13H,6-7H2,1H3. The zero-order chi connectivity index (χ0) is 9.54. The molecule has 0 saturated carbocycles. The Kier molecular flexibility index (Phi) is 1.85. The zero-order valence-electron chi connectivity index (χ0n) is 8.36. The molecule has 2 nitrogen and oxygen atoms in total. The van der Waals surface area contributed by atoms with E-state index in [-0.39, 0.29) is 0 Å². The van der Waals surface area contributed by atoms with Crippen LogP contribution in [0.5, 0.6) is 0 Å². The highest BCUT2D eigenvalue weighted by Crippen LogP contribution is 2.48. The highest BCUT2D eigenvalue weighted by molar-refractivity contribution is 5.40. The Labute approximate surface area is 84.3 Å². The van der Waals surface area contributed by atoms with Crippen LogP contribution >= 0.6 is 0 Å². The number of benzene rings is 1. The highest BCUT2D eigenvalue weighted by atomic mass is 16.5. The smallest absolute Gasteiger partial charge is 0.0870 e. The first-order valence-corrected chi connectivity index (χ1v) is 5.24. The number of hydrogen-bond donors (Lipinski definition) is 1. The van der Waals surface area contributed by atoms with Crippen LogP contribution in [0.15, 0.2) is 24.3 Å². The predicted molar refractivity (Wildman–Crippen MR) is 55.3 cm³/mol. The molecule has 3 rings (SSSR count). The van der Waals surface area contributed by atoms with Crippen LogP contribution in [0.4, 0.5) is 0 Å². The van der Waals surface area contributed by atoms with Crippen molar-refractivity contribution in [2.45, 2.75) is 12.0 Å². The van der Waals surface area contributed by atoms with E-state index in [9.17, 15) is 0 Å². The number of fused-ring (bicyclic) bond motifs is 3. The van der Waals surface area contributed by atoms with Gasteiger partial charge in [0.1, 0.15) is 0 Å². The summed E-state index contributed by atoms with van der Waals surface area (Å²) in [6, 6.07) is 8.70. The largest absolute Gasteiger partial charge is 0.376 e. The molecule has 2 heteroatoms. The van der Waals surface area contributed by atoms with Gasteiger partial charge in [0.25, 0.3) is 0 Å². The van der Waals surface area contributed by atoms with E-state index < -0.39 is 0 Å².